The fourth-order valence-electron chi connectivity index (χ4n) is 0.698. The van der Waals surface area contributed by atoms with Gasteiger partial charge in [-0.2, -0.15) is 0 Å². The van der Waals surface area contributed by atoms with Gasteiger partial charge < -0.3 is 15.1 Å². The summed E-state index contributed by atoms with van der Waals surface area (Å²) in [5.74, 6) is -3.25. The molecule has 0 aliphatic carbocycles. The Morgan fingerprint density at radius 1 is 1.38 bits per heavy atom. The number of hydrogen-bond acceptors (Lipinski definition) is 3. The summed E-state index contributed by atoms with van der Waals surface area (Å²) in [6.45, 7) is -1.94. The predicted octanol–water partition coefficient (Wildman–Crippen LogP) is -0.843. The number of halogens is 2. The van der Waals surface area contributed by atoms with Crippen molar-refractivity contribution < 1.29 is 28.6 Å². The van der Waals surface area contributed by atoms with E-state index in [0.29, 0.717) is 4.90 Å². The summed E-state index contributed by atoms with van der Waals surface area (Å²) in [6, 6.07) is 0. The number of aliphatic hydroxyl groups is 1. The number of nitrogens with zero attached hydrogens (tertiary/aromatic N) is 1. The normalized spacial score (nSPS) is 10.2. The Labute approximate surface area is 72.6 Å². The first-order chi connectivity index (χ1) is 5.99. The number of amides is 1. The largest absolute Gasteiger partial charge is 0.474 e. The molecule has 0 aliphatic heterocycles. The average Bonchev–Trinajstić information content (AvgIpc) is 2.01. The number of rotatable bonds is 4. The molecule has 0 spiro atoms. The standard InChI is InChI=1S/C6H9F2NO4/c7-4(8)3-9(1-2-10)5(11)6(12)13/h4,10H,1-3H2,(H,12,13). The van der Waals surface area contributed by atoms with Gasteiger partial charge in [-0.15, -0.1) is 0 Å². The monoisotopic (exact) mass is 197 g/mol. The molecule has 0 saturated heterocycles. The number of aliphatic carboxylic acids is 1. The van der Waals surface area contributed by atoms with Crippen molar-refractivity contribution in [2.24, 2.45) is 0 Å². The molecule has 2 N–H and O–H groups in total. The second kappa shape index (κ2) is 5.41. The van der Waals surface area contributed by atoms with E-state index in [9.17, 15) is 18.4 Å². The molecule has 0 aromatic carbocycles. The molecule has 0 bridgehead atoms. The van der Waals surface area contributed by atoms with Crippen LogP contribution in [-0.4, -0.2) is 53.1 Å². The average molecular weight is 197 g/mol. The maximum Gasteiger partial charge on any atom is 0.394 e. The lowest BCUT2D eigenvalue weighted by Gasteiger charge is -2.18. The highest BCUT2D eigenvalue weighted by Gasteiger charge is 2.23. The van der Waals surface area contributed by atoms with Gasteiger partial charge >= 0.3 is 11.9 Å². The van der Waals surface area contributed by atoms with Gasteiger partial charge in [-0.05, 0) is 0 Å². The van der Waals surface area contributed by atoms with E-state index in [1.807, 2.05) is 0 Å². The van der Waals surface area contributed by atoms with Crippen LogP contribution in [0.1, 0.15) is 0 Å². The fraction of sp³-hybridized carbons (Fsp3) is 0.667. The number of carboxylic acid groups (broad SMARTS) is 1. The molecule has 0 rings (SSSR count). The number of alkyl halides is 2. The van der Waals surface area contributed by atoms with Crippen LogP contribution in [0.25, 0.3) is 0 Å². The SMILES string of the molecule is O=C(O)C(=O)N(CCO)CC(F)F. The summed E-state index contributed by atoms with van der Waals surface area (Å²) < 4.78 is 23.5. The van der Waals surface area contributed by atoms with E-state index >= 15 is 0 Å². The lowest BCUT2D eigenvalue weighted by Crippen LogP contribution is -2.41. The van der Waals surface area contributed by atoms with Gasteiger partial charge in [0.05, 0.1) is 13.2 Å². The molecule has 0 unspecified atom stereocenters. The van der Waals surface area contributed by atoms with Crippen molar-refractivity contribution in [3.8, 4) is 0 Å². The third kappa shape index (κ3) is 4.36. The lowest BCUT2D eigenvalue weighted by atomic mass is 10.4. The van der Waals surface area contributed by atoms with Crippen molar-refractivity contribution in [1.82, 2.24) is 4.90 Å². The van der Waals surface area contributed by atoms with Crippen molar-refractivity contribution in [3.05, 3.63) is 0 Å². The molecule has 76 valence electrons. The highest BCUT2D eigenvalue weighted by atomic mass is 19.3. The van der Waals surface area contributed by atoms with Gasteiger partial charge in [-0.3, -0.25) is 4.79 Å². The number of carbonyl (C=O) groups is 2. The minimum absolute atomic E-state index is 0.382. The molecule has 0 atom stereocenters. The van der Waals surface area contributed by atoms with E-state index in [1.165, 1.54) is 0 Å². The number of carboxylic acids is 1. The Hall–Kier alpha value is -1.24. The lowest BCUT2D eigenvalue weighted by molar-refractivity contribution is -0.157. The van der Waals surface area contributed by atoms with E-state index in [2.05, 4.69) is 0 Å². The fourth-order valence-corrected chi connectivity index (χ4v) is 0.698. The summed E-state index contributed by atoms with van der Waals surface area (Å²) in [4.78, 5) is 21.1. The summed E-state index contributed by atoms with van der Waals surface area (Å²) in [7, 11) is 0. The highest BCUT2D eigenvalue weighted by molar-refractivity contribution is 6.31. The topological polar surface area (TPSA) is 77.8 Å². The van der Waals surface area contributed by atoms with Crippen LogP contribution >= 0.6 is 0 Å². The first-order valence-electron chi connectivity index (χ1n) is 3.40. The molecular weight excluding hydrogens is 188 g/mol. The van der Waals surface area contributed by atoms with Crippen molar-refractivity contribution in [2.45, 2.75) is 6.43 Å². The van der Waals surface area contributed by atoms with Crippen LogP contribution in [0.3, 0.4) is 0 Å². The molecule has 7 heteroatoms. The van der Waals surface area contributed by atoms with E-state index < -0.39 is 38.0 Å². The minimum Gasteiger partial charge on any atom is -0.474 e. The zero-order chi connectivity index (χ0) is 10.4. The van der Waals surface area contributed by atoms with Crippen LogP contribution in [0.4, 0.5) is 8.78 Å². The van der Waals surface area contributed by atoms with Crippen LogP contribution in [0.2, 0.25) is 0 Å². The number of carbonyl (C=O) groups excluding carboxylic acids is 1. The minimum atomic E-state index is -2.81. The summed E-state index contributed by atoms with van der Waals surface area (Å²) in [5, 5.41) is 16.5. The quantitative estimate of drug-likeness (QED) is 0.576. The molecule has 13 heavy (non-hydrogen) atoms. The van der Waals surface area contributed by atoms with Gasteiger partial charge in [0.1, 0.15) is 0 Å². The molecule has 0 aromatic rings. The highest BCUT2D eigenvalue weighted by Crippen LogP contribution is 1.98. The van der Waals surface area contributed by atoms with Crippen LogP contribution in [0.15, 0.2) is 0 Å². The van der Waals surface area contributed by atoms with Gasteiger partial charge in [0.25, 0.3) is 6.43 Å². The van der Waals surface area contributed by atoms with E-state index in [1.54, 1.807) is 0 Å². The molecule has 5 nitrogen and oxygen atoms in total. The first kappa shape index (κ1) is 11.8. The maximum atomic E-state index is 11.8. The van der Waals surface area contributed by atoms with Crippen molar-refractivity contribution >= 4 is 11.9 Å². The second-order valence-corrected chi connectivity index (χ2v) is 2.17. The van der Waals surface area contributed by atoms with Crippen LogP contribution in [0, 0.1) is 0 Å². The predicted molar refractivity (Wildman–Crippen MR) is 37.3 cm³/mol. The molecule has 0 saturated carbocycles. The Morgan fingerprint density at radius 3 is 2.23 bits per heavy atom. The maximum absolute atomic E-state index is 11.8. The van der Waals surface area contributed by atoms with Crippen LogP contribution < -0.4 is 0 Å². The summed E-state index contributed by atoms with van der Waals surface area (Å²) in [5.41, 5.74) is 0. The van der Waals surface area contributed by atoms with Crippen molar-refractivity contribution in [1.29, 1.82) is 0 Å². The van der Waals surface area contributed by atoms with E-state index in [-0.39, 0.29) is 0 Å². The number of aliphatic hydroxyl groups excluding tert-OH is 1. The smallest absolute Gasteiger partial charge is 0.394 e. The molecular formula is C6H9F2NO4. The molecule has 1 amide bonds. The molecule has 0 aliphatic rings. The zero-order valence-electron chi connectivity index (χ0n) is 6.61. The zero-order valence-corrected chi connectivity index (χ0v) is 6.61. The molecule has 0 aromatic heterocycles. The van der Waals surface area contributed by atoms with Gasteiger partial charge in [0.2, 0.25) is 0 Å². The Balaban J connectivity index is 4.23. The molecule has 0 heterocycles. The Morgan fingerprint density at radius 2 is 1.92 bits per heavy atom. The van der Waals surface area contributed by atoms with Gasteiger partial charge in [-0.25, -0.2) is 13.6 Å². The summed E-state index contributed by atoms with van der Waals surface area (Å²) >= 11 is 0. The summed E-state index contributed by atoms with van der Waals surface area (Å²) in [6.07, 6.45) is -2.81. The molecule has 0 radical (unpaired) electrons. The Kier molecular flexibility index (Phi) is 4.90. The van der Waals surface area contributed by atoms with Crippen molar-refractivity contribution in [3.63, 3.8) is 0 Å². The van der Waals surface area contributed by atoms with Gasteiger partial charge in [0.15, 0.2) is 0 Å². The van der Waals surface area contributed by atoms with Crippen LogP contribution in [-0.2, 0) is 9.59 Å². The van der Waals surface area contributed by atoms with E-state index in [4.69, 9.17) is 10.2 Å². The molecule has 0 fully saturated rings. The van der Waals surface area contributed by atoms with Crippen LogP contribution in [0.5, 0.6) is 0 Å². The first-order valence-corrected chi connectivity index (χ1v) is 3.40. The third-order valence-corrected chi connectivity index (χ3v) is 1.20. The van der Waals surface area contributed by atoms with Gasteiger partial charge in [0, 0.05) is 6.54 Å². The number of hydrogen-bond donors (Lipinski definition) is 2. The van der Waals surface area contributed by atoms with E-state index in [0.717, 1.165) is 0 Å². The second-order valence-electron chi connectivity index (χ2n) is 2.17. The Bertz CT molecular complexity index is 197. The van der Waals surface area contributed by atoms with Gasteiger partial charge in [-0.1, -0.05) is 0 Å². The third-order valence-electron chi connectivity index (χ3n) is 1.20. The van der Waals surface area contributed by atoms with Crippen molar-refractivity contribution in [2.75, 3.05) is 19.7 Å².